The first-order valence-electron chi connectivity index (χ1n) is 6.40. The summed E-state index contributed by atoms with van der Waals surface area (Å²) in [6, 6.07) is 8.86. The number of nitrogens with two attached hydrogens (primary N) is 1. The predicted octanol–water partition coefficient (Wildman–Crippen LogP) is 2.43. The van der Waals surface area contributed by atoms with Gasteiger partial charge in [-0.05, 0) is 37.1 Å². The first-order valence-corrected chi connectivity index (χ1v) is 6.40. The molecular formula is C14H23ClN2O. The van der Waals surface area contributed by atoms with Crippen LogP contribution >= 0.6 is 12.4 Å². The molecule has 0 spiro atoms. The molecule has 0 aliphatic carbocycles. The zero-order valence-electron chi connectivity index (χ0n) is 11.0. The van der Waals surface area contributed by atoms with E-state index in [2.05, 4.69) is 23.1 Å². The monoisotopic (exact) mass is 270 g/mol. The van der Waals surface area contributed by atoms with E-state index in [1.54, 1.807) is 7.11 Å². The van der Waals surface area contributed by atoms with Gasteiger partial charge in [0.1, 0.15) is 5.75 Å². The number of benzene rings is 1. The molecule has 2 N–H and O–H groups in total. The normalized spacial score (nSPS) is 20.2. The van der Waals surface area contributed by atoms with Crippen LogP contribution in [0.1, 0.15) is 24.8 Å². The van der Waals surface area contributed by atoms with Crippen molar-refractivity contribution in [3.05, 3.63) is 29.8 Å². The summed E-state index contributed by atoms with van der Waals surface area (Å²) < 4.78 is 5.25. The highest BCUT2D eigenvalue weighted by atomic mass is 35.5. The lowest BCUT2D eigenvalue weighted by molar-refractivity contribution is 0.145. The Kier molecular flexibility index (Phi) is 6.47. The van der Waals surface area contributed by atoms with Gasteiger partial charge in [0.2, 0.25) is 0 Å². The molecule has 0 saturated carbocycles. The van der Waals surface area contributed by atoms with Gasteiger partial charge in [-0.1, -0.05) is 18.6 Å². The highest BCUT2D eigenvalue weighted by Crippen LogP contribution is 2.20. The largest absolute Gasteiger partial charge is 0.497 e. The fourth-order valence-corrected chi connectivity index (χ4v) is 2.54. The van der Waals surface area contributed by atoms with Crippen molar-refractivity contribution in [3.63, 3.8) is 0 Å². The van der Waals surface area contributed by atoms with Crippen LogP contribution in [0.15, 0.2) is 24.3 Å². The number of hydrogen-bond acceptors (Lipinski definition) is 3. The third-order valence-electron chi connectivity index (χ3n) is 3.54. The lowest BCUT2D eigenvalue weighted by Crippen LogP contribution is -2.43. The number of ether oxygens (including phenoxy) is 1. The van der Waals surface area contributed by atoms with Gasteiger partial charge in [-0.3, -0.25) is 4.90 Å². The third-order valence-corrected chi connectivity index (χ3v) is 3.54. The van der Waals surface area contributed by atoms with Crippen molar-refractivity contribution in [1.82, 2.24) is 4.90 Å². The molecule has 0 radical (unpaired) electrons. The summed E-state index contributed by atoms with van der Waals surface area (Å²) in [5, 5.41) is 0. The molecule has 0 bridgehead atoms. The molecule has 1 atom stereocenters. The van der Waals surface area contributed by atoms with Gasteiger partial charge in [0, 0.05) is 19.1 Å². The van der Waals surface area contributed by atoms with Crippen LogP contribution in [0.5, 0.6) is 5.75 Å². The summed E-state index contributed by atoms with van der Waals surface area (Å²) in [5.74, 6) is 0.934. The fourth-order valence-electron chi connectivity index (χ4n) is 2.54. The zero-order valence-corrected chi connectivity index (χ0v) is 11.8. The van der Waals surface area contributed by atoms with Crippen molar-refractivity contribution in [2.24, 2.45) is 5.73 Å². The molecule has 1 aromatic carbocycles. The van der Waals surface area contributed by atoms with Crippen LogP contribution in [0.4, 0.5) is 0 Å². The average molecular weight is 271 g/mol. The molecule has 1 saturated heterocycles. The van der Waals surface area contributed by atoms with Gasteiger partial charge in [0.05, 0.1) is 7.11 Å². The van der Waals surface area contributed by atoms with E-state index >= 15 is 0 Å². The second kappa shape index (κ2) is 7.62. The van der Waals surface area contributed by atoms with Crippen molar-refractivity contribution in [1.29, 1.82) is 0 Å². The highest BCUT2D eigenvalue weighted by molar-refractivity contribution is 5.85. The number of piperidine rings is 1. The van der Waals surface area contributed by atoms with E-state index in [0.29, 0.717) is 6.04 Å². The maximum Gasteiger partial charge on any atom is 0.119 e. The first kappa shape index (κ1) is 15.3. The molecule has 1 unspecified atom stereocenters. The van der Waals surface area contributed by atoms with Gasteiger partial charge in [-0.15, -0.1) is 12.4 Å². The third kappa shape index (κ3) is 3.87. The zero-order chi connectivity index (χ0) is 12.1. The van der Waals surface area contributed by atoms with Gasteiger partial charge >= 0.3 is 0 Å². The van der Waals surface area contributed by atoms with Crippen LogP contribution in [0.25, 0.3) is 0 Å². The summed E-state index contributed by atoms with van der Waals surface area (Å²) in [6.45, 7) is 2.92. The topological polar surface area (TPSA) is 38.5 Å². The van der Waals surface area contributed by atoms with Gasteiger partial charge < -0.3 is 10.5 Å². The van der Waals surface area contributed by atoms with Crippen LogP contribution in [0, 0.1) is 0 Å². The Morgan fingerprint density at radius 1 is 1.39 bits per heavy atom. The van der Waals surface area contributed by atoms with E-state index in [4.69, 9.17) is 10.5 Å². The maximum atomic E-state index is 5.84. The second-order valence-corrected chi connectivity index (χ2v) is 4.71. The van der Waals surface area contributed by atoms with Gasteiger partial charge in [0.15, 0.2) is 0 Å². The van der Waals surface area contributed by atoms with Crippen LogP contribution in [0.3, 0.4) is 0 Å². The molecule has 1 aliphatic heterocycles. The van der Waals surface area contributed by atoms with E-state index < -0.39 is 0 Å². The van der Waals surface area contributed by atoms with Crippen molar-refractivity contribution < 1.29 is 4.74 Å². The molecule has 1 aliphatic rings. The van der Waals surface area contributed by atoms with Crippen LogP contribution in [-0.2, 0) is 6.54 Å². The Hall–Kier alpha value is -0.770. The molecule has 0 amide bonds. The molecule has 18 heavy (non-hydrogen) atoms. The van der Waals surface area contributed by atoms with E-state index in [-0.39, 0.29) is 12.4 Å². The molecule has 3 nitrogen and oxygen atoms in total. The van der Waals surface area contributed by atoms with Gasteiger partial charge in [-0.25, -0.2) is 0 Å². The SMILES string of the molecule is COc1cccc(CN2CCCCC2CN)c1.Cl. The molecule has 1 heterocycles. The van der Waals surface area contributed by atoms with Crippen LogP contribution in [0.2, 0.25) is 0 Å². The van der Waals surface area contributed by atoms with Crippen LogP contribution in [-0.4, -0.2) is 31.1 Å². The molecule has 0 aromatic heterocycles. The van der Waals surface area contributed by atoms with Crippen molar-refractivity contribution in [2.45, 2.75) is 31.8 Å². The summed E-state index contributed by atoms with van der Waals surface area (Å²) in [5.41, 5.74) is 7.15. The first-order chi connectivity index (χ1) is 8.33. The van der Waals surface area contributed by atoms with Crippen molar-refractivity contribution in [3.8, 4) is 5.75 Å². The highest BCUT2D eigenvalue weighted by Gasteiger charge is 2.20. The Morgan fingerprint density at radius 2 is 2.22 bits per heavy atom. The Balaban J connectivity index is 0.00000162. The van der Waals surface area contributed by atoms with E-state index in [1.165, 1.54) is 31.4 Å². The number of nitrogens with zero attached hydrogens (tertiary/aromatic N) is 1. The van der Waals surface area contributed by atoms with E-state index in [9.17, 15) is 0 Å². The number of hydrogen-bond donors (Lipinski definition) is 1. The Bertz CT molecular complexity index is 359. The van der Waals surface area contributed by atoms with Crippen LogP contribution < -0.4 is 10.5 Å². The summed E-state index contributed by atoms with van der Waals surface area (Å²) in [7, 11) is 1.71. The fraction of sp³-hybridized carbons (Fsp3) is 0.571. The minimum absolute atomic E-state index is 0. The quantitative estimate of drug-likeness (QED) is 0.913. The Labute approximate surface area is 116 Å². The summed E-state index contributed by atoms with van der Waals surface area (Å²) in [4.78, 5) is 2.50. The minimum Gasteiger partial charge on any atom is -0.497 e. The molecule has 1 aromatic rings. The lowest BCUT2D eigenvalue weighted by atomic mass is 10.0. The number of likely N-dealkylation sites (tertiary alicyclic amines) is 1. The number of methoxy groups -OCH3 is 1. The molecule has 102 valence electrons. The standard InChI is InChI=1S/C14H22N2O.ClH/c1-17-14-7-4-5-12(9-14)11-16-8-3-2-6-13(16)10-15;/h4-5,7,9,13H,2-3,6,8,10-11,15H2,1H3;1H. The summed E-state index contributed by atoms with van der Waals surface area (Å²) in [6.07, 6.45) is 3.84. The van der Waals surface area contributed by atoms with E-state index in [0.717, 1.165) is 18.8 Å². The van der Waals surface area contributed by atoms with Gasteiger partial charge in [0.25, 0.3) is 0 Å². The summed E-state index contributed by atoms with van der Waals surface area (Å²) >= 11 is 0. The van der Waals surface area contributed by atoms with Crippen molar-refractivity contribution >= 4 is 12.4 Å². The molecule has 2 rings (SSSR count). The molecule has 1 fully saturated rings. The second-order valence-electron chi connectivity index (χ2n) is 4.71. The number of halogens is 1. The minimum atomic E-state index is 0. The average Bonchev–Trinajstić information content (AvgIpc) is 2.39. The van der Waals surface area contributed by atoms with Gasteiger partial charge in [-0.2, -0.15) is 0 Å². The lowest BCUT2D eigenvalue weighted by Gasteiger charge is -2.35. The Morgan fingerprint density at radius 3 is 2.94 bits per heavy atom. The van der Waals surface area contributed by atoms with E-state index in [1.807, 2.05) is 6.07 Å². The maximum absolute atomic E-state index is 5.84. The molecular weight excluding hydrogens is 248 g/mol. The number of rotatable bonds is 4. The predicted molar refractivity (Wildman–Crippen MR) is 77.3 cm³/mol. The molecule has 4 heteroatoms. The van der Waals surface area contributed by atoms with Crippen molar-refractivity contribution in [2.75, 3.05) is 20.2 Å². The smallest absolute Gasteiger partial charge is 0.119 e.